The van der Waals surface area contributed by atoms with Crippen LogP contribution in [0.25, 0.3) is 0 Å². The number of rotatable bonds is 4. The van der Waals surface area contributed by atoms with E-state index in [0.29, 0.717) is 0 Å². The number of nitrogens with zero attached hydrogens (tertiary/aromatic N) is 2. The van der Waals surface area contributed by atoms with Gasteiger partial charge >= 0.3 is 0 Å². The van der Waals surface area contributed by atoms with Crippen LogP contribution in [0.1, 0.15) is 23.9 Å². The Balaban J connectivity index is 2.13. The van der Waals surface area contributed by atoms with Crippen LogP contribution in [0.15, 0.2) is 24.3 Å². The smallest absolute Gasteiger partial charge is 0.0637 e. The van der Waals surface area contributed by atoms with Gasteiger partial charge in [0, 0.05) is 6.54 Å². The van der Waals surface area contributed by atoms with Crippen molar-refractivity contribution in [1.82, 2.24) is 9.78 Å². The Bertz CT molecular complexity index is 546. The Hall–Kier alpha value is -1.48. The van der Waals surface area contributed by atoms with E-state index in [-0.39, 0.29) is 0 Å². The summed E-state index contributed by atoms with van der Waals surface area (Å²) >= 11 is 6.16. The molecule has 0 unspecified atom stereocenters. The van der Waals surface area contributed by atoms with Crippen molar-refractivity contribution >= 4 is 17.3 Å². The number of anilines is 1. The first-order valence-corrected chi connectivity index (χ1v) is 6.51. The molecule has 2 rings (SSSR count). The Kier molecular flexibility index (Phi) is 3.92. The van der Waals surface area contributed by atoms with E-state index in [9.17, 15) is 0 Å². The highest BCUT2D eigenvalue weighted by atomic mass is 35.5. The van der Waals surface area contributed by atoms with Gasteiger partial charge in [0.25, 0.3) is 0 Å². The summed E-state index contributed by atoms with van der Waals surface area (Å²) in [6, 6.07) is 8.08. The second-order valence-corrected chi connectivity index (χ2v) is 4.84. The summed E-state index contributed by atoms with van der Waals surface area (Å²) in [5, 5.41) is 8.54. The maximum atomic E-state index is 6.16. The average Bonchev–Trinajstić information content (AvgIpc) is 2.71. The fraction of sp³-hybridized carbons (Fsp3) is 0.357. The lowest BCUT2D eigenvalue weighted by molar-refractivity contribution is 0.623. The minimum Gasteiger partial charge on any atom is -0.378 e. The zero-order valence-electron chi connectivity index (χ0n) is 11.0. The van der Waals surface area contributed by atoms with E-state index in [4.69, 9.17) is 11.6 Å². The van der Waals surface area contributed by atoms with Gasteiger partial charge in [0.05, 0.1) is 28.6 Å². The van der Waals surface area contributed by atoms with Crippen LogP contribution in [0.4, 0.5) is 5.69 Å². The van der Waals surface area contributed by atoms with Gasteiger partial charge < -0.3 is 5.32 Å². The van der Waals surface area contributed by atoms with E-state index in [2.05, 4.69) is 36.4 Å². The molecule has 4 heteroatoms. The zero-order chi connectivity index (χ0) is 13.1. The van der Waals surface area contributed by atoms with Gasteiger partial charge in [0.15, 0.2) is 0 Å². The van der Waals surface area contributed by atoms with Crippen LogP contribution >= 0.6 is 11.6 Å². The third-order valence-corrected chi connectivity index (χ3v) is 3.20. The molecule has 1 N–H and O–H groups in total. The molecule has 3 nitrogen and oxygen atoms in total. The van der Waals surface area contributed by atoms with Crippen LogP contribution in [0.3, 0.4) is 0 Å². The number of aromatic nitrogens is 2. The Morgan fingerprint density at radius 3 is 2.78 bits per heavy atom. The number of hydrogen-bond acceptors (Lipinski definition) is 2. The summed E-state index contributed by atoms with van der Waals surface area (Å²) in [5.41, 5.74) is 4.39. The molecule has 0 amide bonds. The standard InChI is InChI=1S/C14H18ClN3/c1-4-18-12(8-11(3)17-18)9-16-14-7-10(2)5-6-13(14)15/h5-8,16H,4,9H2,1-3H3. The molecule has 0 fully saturated rings. The van der Waals surface area contributed by atoms with Crippen LogP contribution < -0.4 is 5.32 Å². The van der Waals surface area contributed by atoms with E-state index >= 15 is 0 Å². The summed E-state index contributed by atoms with van der Waals surface area (Å²) < 4.78 is 2.01. The van der Waals surface area contributed by atoms with Crippen molar-refractivity contribution in [3.05, 3.63) is 46.2 Å². The van der Waals surface area contributed by atoms with E-state index in [0.717, 1.165) is 29.5 Å². The van der Waals surface area contributed by atoms with Gasteiger partial charge in [0.1, 0.15) is 0 Å². The zero-order valence-corrected chi connectivity index (χ0v) is 11.8. The summed E-state index contributed by atoms with van der Waals surface area (Å²) in [6.45, 7) is 7.77. The first-order chi connectivity index (χ1) is 8.60. The highest BCUT2D eigenvalue weighted by Gasteiger charge is 2.05. The third-order valence-electron chi connectivity index (χ3n) is 2.87. The number of hydrogen-bond donors (Lipinski definition) is 1. The fourth-order valence-electron chi connectivity index (χ4n) is 1.98. The van der Waals surface area contributed by atoms with E-state index < -0.39 is 0 Å². The first kappa shape index (κ1) is 13.0. The Labute approximate surface area is 113 Å². The van der Waals surface area contributed by atoms with Gasteiger partial charge in [-0.2, -0.15) is 5.10 Å². The average molecular weight is 264 g/mol. The van der Waals surface area contributed by atoms with Crippen molar-refractivity contribution in [3.8, 4) is 0 Å². The van der Waals surface area contributed by atoms with Gasteiger partial charge in [0.2, 0.25) is 0 Å². The van der Waals surface area contributed by atoms with Crippen LogP contribution in [-0.4, -0.2) is 9.78 Å². The van der Waals surface area contributed by atoms with Crippen molar-refractivity contribution in [3.63, 3.8) is 0 Å². The van der Waals surface area contributed by atoms with Crippen LogP contribution in [0.5, 0.6) is 0 Å². The molecule has 0 saturated heterocycles. The molecule has 0 saturated carbocycles. The maximum absolute atomic E-state index is 6.16. The third kappa shape index (κ3) is 2.85. The SMILES string of the molecule is CCn1nc(C)cc1CNc1cc(C)ccc1Cl. The molecule has 0 aliphatic carbocycles. The van der Waals surface area contributed by atoms with Crippen molar-refractivity contribution in [2.24, 2.45) is 0 Å². The second kappa shape index (κ2) is 5.44. The van der Waals surface area contributed by atoms with Gasteiger partial charge in [-0.05, 0) is 44.5 Å². The molecule has 1 aromatic heterocycles. The largest absolute Gasteiger partial charge is 0.378 e. The highest BCUT2D eigenvalue weighted by Crippen LogP contribution is 2.23. The lowest BCUT2D eigenvalue weighted by Gasteiger charge is -2.10. The van der Waals surface area contributed by atoms with E-state index in [1.54, 1.807) is 0 Å². The lowest BCUT2D eigenvalue weighted by Crippen LogP contribution is -2.08. The molecule has 96 valence electrons. The van der Waals surface area contributed by atoms with Gasteiger partial charge in [-0.3, -0.25) is 4.68 Å². The van der Waals surface area contributed by atoms with Gasteiger partial charge in [-0.1, -0.05) is 17.7 Å². The lowest BCUT2D eigenvalue weighted by atomic mass is 10.2. The predicted octanol–water partition coefficient (Wildman–Crippen LogP) is 3.79. The Morgan fingerprint density at radius 1 is 1.28 bits per heavy atom. The monoisotopic (exact) mass is 263 g/mol. The normalized spacial score (nSPS) is 10.7. The molecule has 0 atom stereocenters. The number of nitrogens with one attached hydrogen (secondary N) is 1. The summed E-state index contributed by atoms with van der Waals surface area (Å²) in [4.78, 5) is 0. The summed E-state index contributed by atoms with van der Waals surface area (Å²) in [5.74, 6) is 0. The predicted molar refractivity (Wildman–Crippen MR) is 76.2 cm³/mol. The first-order valence-electron chi connectivity index (χ1n) is 6.13. The molecular formula is C14H18ClN3. The highest BCUT2D eigenvalue weighted by molar-refractivity contribution is 6.33. The van der Waals surface area contributed by atoms with Gasteiger partial charge in [-0.25, -0.2) is 0 Å². The minimum atomic E-state index is 0.734. The quantitative estimate of drug-likeness (QED) is 0.910. The molecule has 18 heavy (non-hydrogen) atoms. The Morgan fingerprint density at radius 2 is 2.06 bits per heavy atom. The molecule has 1 aromatic carbocycles. The molecule has 0 radical (unpaired) electrons. The molecule has 0 aliphatic rings. The van der Waals surface area contributed by atoms with E-state index in [1.165, 1.54) is 11.3 Å². The molecule has 0 bridgehead atoms. The second-order valence-electron chi connectivity index (χ2n) is 4.43. The minimum absolute atomic E-state index is 0.734. The van der Waals surface area contributed by atoms with Crippen molar-refractivity contribution in [1.29, 1.82) is 0 Å². The number of halogens is 1. The number of aryl methyl sites for hydroxylation is 3. The van der Waals surface area contributed by atoms with Crippen molar-refractivity contribution < 1.29 is 0 Å². The molecular weight excluding hydrogens is 246 g/mol. The number of benzene rings is 1. The van der Waals surface area contributed by atoms with Crippen LogP contribution in [-0.2, 0) is 13.1 Å². The fourth-order valence-corrected chi connectivity index (χ4v) is 2.16. The van der Waals surface area contributed by atoms with Crippen molar-refractivity contribution in [2.75, 3.05) is 5.32 Å². The van der Waals surface area contributed by atoms with Gasteiger partial charge in [-0.15, -0.1) is 0 Å². The molecule has 0 aliphatic heterocycles. The molecule has 0 spiro atoms. The summed E-state index contributed by atoms with van der Waals surface area (Å²) in [7, 11) is 0. The molecule has 1 heterocycles. The van der Waals surface area contributed by atoms with Crippen molar-refractivity contribution in [2.45, 2.75) is 33.9 Å². The maximum Gasteiger partial charge on any atom is 0.0637 e. The van der Waals surface area contributed by atoms with E-state index in [1.807, 2.05) is 23.7 Å². The van der Waals surface area contributed by atoms with Crippen LogP contribution in [0.2, 0.25) is 5.02 Å². The molecule has 2 aromatic rings. The van der Waals surface area contributed by atoms with Crippen LogP contribution in [0, 0.1) is 13.8 Å². The topological polar surface area (TPSA) is 29.9 Å². The summed E-state index contributed by atoms with van der Waals surface area (Å²) in [6.07, 6.45) is 0.